The van der Waals surface area contributed by atoms with Gasteiger partial charge in [0.1, 0.15) is 36.5 Å². The van der Waals surface area contributed by atoms with Gasteiger partial charge < -0.3 is 29.0 Å². The largest absolute Gasteiger partial charge is 0.486 e. The minimum atomic E-state index is -1.17. The number of rotatable bonds is 11. The zero-order valence-electron chi connectivity index (χ0n) is 24.9. The SMILES string of the molecule is CC(=O)N[C@H]1[C@H](OC(C)=O)[C@H](OC(C)=O)[C@H](COC(C)=O)O[C@@H]1Sc1nnc(COc2ccc(C)cc2)n1C1CCCC1. The van der Waals surface area contributed by atoms with Crippen LogP contribution in [0.25, 0.3) is 0 Å². The van der Waals surface area contributed by atoms with Crippen molar-refractivity contribution in [1.82, 2.24) is 20.1 Å². The summed E-state index contributed by atoms with van der Waals surface area (Å²) in [4.78, 5) is 48.3. The van der Waals surface area contributed by atoms with Gasteiger partial charge in [-0.25, -0.2) is 0 Å². The average Bonchev–Trinajstić information content (AvgIpc) is 3.59. The molecule has 0 unspecified atom stereocenters. The molecule has 2 heterocycles. The molecule has 0 spiro atoms. The molecular formula is C29H38N4O9S. The molecule has 1 aliphatic carbocycles. The Kier molecular flexibility index (Phi) is 11.0. The van der Waals surface area contributed by atoms with E-state index in [4.69, 9.17) is 23.7 Å². The molecular weight excluding hydrogens is 580 g/mol. The van der Waals surface area contributed by atoms with Gasteiger partial charge in [0.25, 0.3) is 0 Å². The number of hydrogen-bond donors (Lipinski definition) is 1. The van der Waals surface area contributed by atoms with Gasteiger partial charge in [-0.2, -0.15) is 0 Å². The molecule has 1 saturated heterocycles. The molecule has 2 fully saturated rings. The summed E-state index contributed by atoms with van der Waals surface area (Å²) in [5.41, 5.74) is 0.229. The molecule has 0 bridgehead atoms. The lowest BCUT2D eigenvalue weighted by molar-refractivity contribution is -0.211. The average molecular weight is 619 g/mol. The number of carbonyl (C=O) groups is 4. The van der Waals surface area contributed by atoms with E-state index in [0.717, 1.165) is 31.2 Å². The van der Waals surface area contributed by atoms with Crippen LogP contribution in [-0.4, -0.2) is 75.0 Å². The summed E-state index contributed by atoms with van der Waals surface area (Å²) in [5, 5.41) is 12.2. The highest BCUT2D eigenvalue weighted by atomic mass is 32.2. The van der Waals surface area contributed by atoms with Crippen LogP contribution in [0.5, 0.6) is 5.75 Å². The second kappa shape index (κ2) is 14.7. The van der Waals surface area contributed by atoms with E-state index in [1.54, 1.807) is 0 Å². The van der Waals surface area contributed by atoms with Crippen molar-refractivity contribution in [2.45, 2.75) is 108 Å². The fraction of sp³-hybridized carbons (Fsp3) is 0.586. The van der Waals surface area contributed by atoms with Crippen molar-refractivity contribution in [3.05, 3.63) is 35.7 Å². The van der Waals surface area contributed by atoms with Gasteiger partial charge in [-0.3, -0.25) is 23.7 Å². The van der Waals surface area contributed by atoms with Gasteiger partial charge in [0, 0.05) is 33.7 Å². The van der Waals surface area contributed by atoms with Crippen LogP contribution in [0.15, 0.2) is 29.4 Å². The topological polar surface area (TPSA) is 157 Å². The van der Waals surface area contributed by atoms with Crippen LogP contribution in [0.3, 0.4) is 0 Å². The first-order valence-electron chi connectivity index (χ1n) is 14.2. The highest BCUT2D eigenvalue weighted by Crippen LogP contribution is 2.39. The first kappa shape index (κ1) is 32.3. The predicted octanol–water partition coefficient (Wildman–Crippen LogP) is 3.03. The molecule has 1 amide bonds. The van der Waals surface area contributed by atoms with Gasteiger partial charge in [0.2, 0.25) is 5.91 Å². The van der Waals surface area contributed by atoms with Crippen molar-refractivity contribution in [3.63, 3.8) is 0 Å². The Hall–Kier alpha value is -3.65. The molecule has 1 aliphatic heterocycles. The maximum atomic E-state index is 12.3. The van der Waals surface area contributed by atoms with Crippen LogP contribution in [0.1, 0.15) is 70.8 Å². The minimum Gasteiger partial charge on any atom is -0.486 e. The predicted molar refractivity (Wildman–Crippen MR) is 153 cm³/mol. The summed E-state index contributed by atoms with van der Waals surface area (Å²) in [7, 11) is 0. The van der Waals surface area contributed by atoms with E-state index >= 15 is 0 Å². The number of nitrogens with zero attached hydrogens (tertiary/aromatic N) is 3. The van der Waals surface area contributed by atoms with Crippen LogP contribution in [0.2, 0.25) is 0 Å². The van der Waals surface area contributed by atoms with E-state index in [1.807, 2.05) is 35.8 Å². The number of ether oxygens (including phenoxy) is 5. The monoisotopic (exact) mass is 618 g/mol. The van der Waals surface area contributed by atoms with Crippen molar-refractivity contribution >= 4 is 35.6 Å². The number of nitrogens with one attached hydrogen (secondary N) is 1. The van der Waals surface area contributed by atoms with Gasteiger partial charge in [0.05, 0.1) is 0 Å². The maximum Gasteiger partial charge on any atom is 0.303 e. The van der Waals surface area contributed by atoms with Crippen molar-refractivity contribution in [1.29, 1.82) is 0 Å². The van der Waals surface area contributed by atoms with E-state index < -0.39 is 53.6 Å². The molecule has 234 valence electrons. The summed E-state index contributed by atoms with van der Waals surface area (Å²) in [6.07, 6.45) is 0.662. The summed E-state index contributed by atoms with van der Waals surface area (Å²) < 4.78 is 30.8. The number of carbonyl (C=O) groups excluding carboxylic acids is 4. The Balaban J connectivity index is 1.68. The standard InChI is InChI=1S/C29H38N4O9S/c1-16-10-12-22(13-11-16)39-15-24-31-32-29(33(24)21-8-6-7-9-21)43-28-25(30-17(2)34)27(41-20(5)37)26(40-19(4)36)23(42-28)14-38-18(3)35/h10-13,21,23,25-28H,6-9,14-15H2,1-5H3,(H,30,34)/t23-,25-,26+,27-,28+/m0/s1. The summed E-state index contributed by atoms with van der Waals surface area (Å²) >= 11 is 1.19. The van der Waals surface area contributed by atoms with E-state index in [0.29, 0.717) is 16.7 Å². The summed E-state index contributed by atoms with van der Waals surface area (Å²) in [6, 6.07) is 6.91. The van der Waals surface area contributed by atoms with Crippen LogP contribution in [0, 0.1) is 6.92 Å². The molecule has 1 aromatic heterocycles. The summed E-state index contributed by atoms with van der Waals surface area (Å²) in [6.45, 7) is 6.89. The molecule has 4 rings (SSSR count). The Morgan fingerprint density at radius 2 is 1.60 bits per heavy atom. The molecule has 5 atom stereocenters. The molecule has 1 N–H and O–H groups in total. The smallest absolute Gasteiger partial charge is 0.303 e. The number of amides is 1. The van der Waals surface area contributed by atoms with E-state index in [1.165, 1.54) is 39.5 Å². The Labute approximate surface area is 254 Å². The zero-order valence-corrected chi connectivity index (χ0v) is 25.8. The minimum absolute atomic E-state index is 0.131. The third-order valence-corrected chi connectivity index (χ3v) is 8.23. The van der Waals surface area contributed by atoms with Crippen LogP contribution in [-0.2, 0) is 44.7 Å². The van der Waals surface area contributed by atoms with Gasteiger partial charge in [-0.1, -0.05) is 42.3 Å². The Morgan fingerprint density at radius 3 is 2.21 bits per heavy atom. The normalized spacial score (nSPS) is 23.8. The van der Waals surface area contributed by atoms with Crippen molar-refractivity contribution in [2.24, 2.45) is 0 Å². The van der Waals surface area contributed by atoms with Crippen LogP contribution >= 0.6 is 11.8 Å². The van der Waals surface area contributed by atoms with E-state index in [-0.39, 0.29) is 19.3 Å². The third kappa shape index (κ3) is 8.69. The van der Waals surface area contributed by atoms with E-state index in [9.17, 15) is 19.2 Å². The van der Waals surface area contributed by atoms with Gasteiger partial charge >= 0.3 is 17.9 Å². The van der Waals surface area contributed by atoms with Crippen LogP contribution in [0.4, 0.5) is 0 Å². The number of thioether (sulfide) groups is 1. The lowest BCUT2D eigenvalue weighted by atomic mass is 9.97. The number of hydrogen-bond acceptors (Lipinski definition) is 12. The second-order valence-electron chi connectivity index (χ2n) is 10.6. The van der Waals surface area contributed by atoms with Gasteiger partial charge in [0.15, 0.2) is 23.2 Å². The quantitative estimate of drug-likeness (QED) is 0.290. The van der Waals surface area contributed by atoms with E-state index in [2.05, 4.69) is 15.5 Å². The summed E-state index contributed by atoms with van der Waals surface area (Å²) in [5.74, 6) is -0.962. The molecule has 13 nitrogen and oxygen atoms in total. The number of benzene rings is 1. The molecule has 2 aromatic rings. The highest BCUT2D eigenvalue weighted by Gasteiger charge is 2.51. The van der Waals surface area contributed by atoms with Crippen LogP contribution < -0.4 is 10.1 Å². The molecule has 14 heteroatoms. The zero-order chi connectivity index (χ0) is 31.1. The van der Waals surface area contributed by atoms with Crippen molar-refractivity contribution < 1.29 is 42.9 Å². The first-order chi connectivity index (χ1) is 20.5. The molecule has 2 aliphatic rings. The number of aryl methyl sites for hydroxylation is 1. The third-order valence-electron chi connectivity index (χ3n) is 7.11. The van der Waals surface area contributed by atoms with Crippen molar-refractivity contribution in [2.75, 3.05) is 6.61 Å². The van der Waals surface area contributed by atoms with Gasteiger partial charge in [-0.05, 0) is 31.9 Å². The lowest BCUT2D eigenvalue weighted by Crippen LogP contribution is -2.65. The molecule has 43 heavy (non-hydrogen) atoms. The molecule has 0 radical (unpaired) electrons. The van der Waals surface area contributed by atoms with Gasteiger partial charge in [-0.15, -0.1) is 10.2 Å². The highest BCUT2D eigenvalue weighted by molar-refractivity contribution is 7.99. The van der Waals surface area contributed by atoms with Crippen molar-refractivity contribution in [3.8, 4) is 5.75 Å². The fourth-order valence-corrected chi connectivity index (χ4v) is 6.52. The number of esters is 3. The molecule has 1 aromatic carbocycles. The Bertz CT molecular complexity index is 1300. The fourth-order valence-electron chi connectivity index (χ4n) is 5.29. The Morgan fingerprint density at radius 1 is 0.953 bits per heavy atom. The number of aromatic nitrogens is 3. The second-order valence-corrected chi connectivity index (χ2v) is 11.7. The lowest BCUT2D eigenvalue weighted by Gasteiger charge is -2.44. The first-order valence-corrected chi connectivity index (χ1v) is 15.1. The maximum absolute atomic E-state index is 12.3. The molecule has 1 saturated carbocycles.